The molecule has 0 aliphatic carbocycles. The summed E-state index contributed by atoms with van der Waals surface area (Å²) in [7, 11) is 0. The van der Waals surface area contributed by atoms with Crippen LogP contribution in [0.4, 0.5) is 4.39 Å². The Bertz CT molecular complexity index is 829. The van der Waals surface area contributed by atoms with Gasteiger partial charge < -0.3 is 5.11 Å². The number of fused-ring (bicyclic) bond motifs is 1. The SMILES string of the molecule is O=C(O)c1nc(-c2ccccc2F)n2cccc(Br)c12. The monoisotopic (exact) mass is 334 g/mol. The quantitative estimate of drug-likeness (QED) is 0.779. The zero-order valence-corrected chi connectivity index (χ0v) is 11.6. The third kappa shape index (κ3) is 1.89. The van der Waals surface area contributed by atoms with Crippen molar-refractivity contribution < 1.29 is 14.3 Å². The lowest BCUT2D eigenvalue weighted by molar-refractivity contribution is 0.0693. The number of aromatic carboxylic acids is 1. The number of carboxylic acids is 1. The second kappa shape index (κ2) is 4.72. The van der Waals surface area contributed by atoms with E-state index in [1.807, 2.05) is 0 Å². The van der Waals surface area contributed by atoms with Gasteiger partial charge in [-0.05, 0) is 40.2 Å². The van der Waals surface area contributed by atoms with Crippen LogP contribution in [0, 0.1) is 5.82 Å². The van der Waals surface area contributed by atoms with Crippen molar-refractivity contribution in [2.24, 2.45) is 0 Å². The van der Waals surface area contributed by atoms with Gasteiger partial charge in [0, 0.05) is 10.7 Å². The van der Waals surface area contributed by atoms with E-state index in [9.17, 15) is 14.3 Å². The van der Waals surface area contributed by atoms with E-state index in [1.165, 1.54) is 6.07 Å². The largest absolute Gasteiger partial charge is 0.476 e. The van der Waals surface area contributed by atoms with E-state index in [-0.39, 0.29) is 17.1 Å². The molecule has 3 aromatic rings. The molecule has 1 N–H and O–H groups in total. The van der Waals surface area contributed by atoms with E-state index < -0.39 is 11.8 Å². The maximum atomic E-state index is 13.9. The molecule has 1 aromatic carbocycles. The number of aromatic nitrogens is 2. The first kappa shape index (κ1) is 12.8. The predicted octanol–water partition coefficient (Wildman–Crippen LogP) is 3.60. The summed E-state index contributed by atoms with van der Waals surface area (Å²) in [6, 6.07) is 9.58. The van der Waals surface area contributed by atoms with Crippen molar-refractivity contribution in [1.29, 1.82) is 0 Å². The Kier molecular flexibility index (Phi) is 3.02. The molecule has 20 heavy (non-hydrogen) atoms. The molecule has 0 aliphatic rings. The molecule has 2 heterocycles. The molecule has 0 spiro atoms. The van der Waals surface area contributed by atoms with Gasteiger partial charge in [0.05, 0.1) is 11.1 Å². The summed E-state index contributed by atoms with van der Waals surface area (Å²) >= 11 is 3.30. The van der Waals surface area contributed by atoms with Gasteiger partial charge in [0.1, 0.15) is 11.6 Å². The number of hydrogen-bond donors (Lipinski definition) is 1. The number of imidazole rings is 1. The normalized spacial score (nSPS) is 10.9. The Labute approximate surface area is 121 Å². The highest BCUT2D eigenvalue weighted by molar-refractivity contribution is 9.10. The number of carbonyl (C=O) groups is 1. The first-order valence-electron chi connectivity index (χ1n) is 5.74. The summed E-state index contributed by atoms with van der Waals surface area (Å²) in [5, 5.41) is 9.25. The van der Waals surface area contributed by atoms with Crippen molar-refractivity contribution in [3.8, 4) is 11.4 Å². The molecular formula is C14H8BrFN2O2. The summed E-state index contributed by atoms with van der Waals surface area (Å²) in [5.74, 6) is -1.34. The third-order valence-electron chi connectivity index (χ3n) is 2.93. The average Bonchev–Trinajstić information content (AvgIpc) is 2.80. The molecule has 0 radical (unpaired) electrons. The van der Waals surface area contributed by atoms with Gasteiger partial charge in [-0.3, -0.25) is 4.40 Å². The fourth-order valence-corrected chi connectivity index (χ4v) is 2.61. The van der Waals surface area contributed by atoms with E-state index in [0.29, 0.717) is 9.99 Å². The van der Waals surface area contributed by atoms with E-state index in [0.717, 1.165) is 0 Å². The van der Waals surface area contributed by atoms with Crippen LogP contribution in [-0.4, -0.2) is 20.5 Å². The van der Waals surface area contributed by atoms with Gasteiger partial charge >= 0.3 is 5.97 Å². The molecule has 3 rings (SSSR count). The number of halogens is 2. The Morgan fingerprint density at radius 2 is 2.00 bits per heavy atom. The summed E-state index contributed by atoms with van der Waals surface area (Å²) < 4.78 is 16.1. The van der Waals surface area contributed by atoms with Gasteiger partial charge in [0.25, 0.3) is 0 Å². The average molecular weight is 335 g/mol. The molecule has 0 saturated carbocycles. The molecule has 0 atom stereocenters. The topological polar surface area (TPSA) is 54.6 Å². The van der Waals surface area contributed by atoms with Gasteiger partial charge in [-0.2, -0.15) is 0 Å². The molecule has 2 aromatic heterocycles. The van der Waals surface area contributed by atoms with Crippen molar-refractivity contribution in [1.82, 2.24) is 9.38 Å². The first-order chi connectivity index (χ1) is 9.59. The van der Waals surface area contributed by atoms with Crippen molar-refractivity contribution >= 4 is 27.4 Å². The van der Waals surface area contributed by atoms with Gasteiger partial charge in [-0.15, -0.1) is 0 Å². The van der Waals surface area contributed by atoms with Gasteiger partial charge in [-0.1, -0.05) is 12.1 Å². The van der Waals surface area contributed by atoms with E-state index in [1.54, 1.807) is 40.9 Å². The van der Waals surface area contributed by atoms with Crippen LogP contribution in [0.3, 0.4) is 0 Å². The molecule has 100 valence electrons. The van der Waals surface area contributed by atoms with Crippen LogP contribution < -0.4 is 0 Å². The van der Waals surface area contributed by atoms with Gasteiger partial charge in [-0.25, -0.2) is 14.2 Å². The lowest BCUT2D eigenvalue weighted by atomic mass is 10.2. The van der Waals surface area contributed by atoms with Crippen LogP contribution >= 0.6 is 15.9 Å². The fraction of sp³-hybridized carbons (Fsp3) is 0. The van der Waals surface area contributed by atoms with Crippen LogP contribution in [0.2, 0.25) is 0 Å². The zero-order chi connectivity index (χ0) is 14.3. The molecule has 4 nitrogen and oxygen atoms in total. The summed E-state index contributed by atoms with van der Waals surface area (Å²) in [5.41, 5.74) is 0.544. The maximum absolute atomic E-state index is 13.9. The van der Waals surface area contributed by atoms with Crippen LogP contribution in [0.5, 0.6) is 0 Å². The summed E-state index contributed by atoms with van der Waals surface area (Å²) in [6.07, 6.45) is 1.65. The van der Waals surface area contributed by atoms with Crippen LogP contribution in [0.25, 0.3) is 16.9 Å². The van der Waals surface area contributed by atoms with Gasteiger partial charge in [0.2, 0.25) is 0 Å². The highest BCUT2D eigenvalue weighted by Crippen LogP contribution is 2.29. The Hall–Kier alpha value is -2.21. The molecule has 6 heteroatoms. The Balaban J connectivity index is 2.41. The zero-order valence-electron chi connectivity index (χ0n) is 10.0. The van der Waals surface area contributed by atoms with Crippen molar-refractivity contribution in [2.45, 2.75) is 0 Å². The van der Waals surface area contributed by atoms with E-state index >= 15 is 0 Å². The minimum Gasteiger partial charge on any atom is -0.476 e. The Morgan fingerprint density at radius 1 is 1.25 bits per heavy atom. The second-order valence-electron chi connectivity index (χ2n) is 4.14. The lowest BCUT2D eigenvalue weighted by Gasteiger charge is -2.03. The number of nitrogens with zero attached hydrogens (tertiary/aromatic N) is 2. The first-order valence-corrected chi connectivity index (χ1v) is 6.53. The number of pyridine rings is 1. The summed E-state index contributed by atoms with van der Waals surface area (Å²) in [6.45, 7) is 0. The highest BCUT2D eigenvalue weighted by atomic mass is 79.9. The fourth-order valence-electron chi connectivity index (χ4n) is 2.08. The number of carboxylic acid groups (broad SMARTS) is 1. The maximum Gasteiger partial charge on any atom is 0.356 e. The second-order valence-corrected chi connectivity index (χ2v) is 5.00. The minimum atomic E-state index is -1.16. The number of hydrogen-bond acceptors (Lipinski definition) is 2. The van der Waals surface area contributed by atoms with Crippen LogP contribution in [0.15, 0.2) is 47.1 Å². The lowest BCUT2D eigenvalue weighted by Crippen LogP contribution is -1.97. The smallest absolute Gasteiger partial charge is 0.356 e. The molecule has 0 aliphatic heterocycles. The third-order valence-corrected chi connectivity index (χ3v) is 3.57. The van der Waals surface area contributed by atoms with E-state index in [4.69, 9.17) is 0 Å². The molecule has 0 amide bonds. The van der Waals surface area contributed by atoms with Crippen molar-refractivity contribution in [2.75, 3.05) is 0 Å². The van der Waals surface area contributed by atoms with Crippen LogP contribution in [-0.2, 0) is 0 Å². The molecular weight excluding hydrogens is 327 g/mol. The molecule has 0 saturated heterocycles. The highest BCUT2D eigenvalue weighted by Gasteiger charge is 2.20. The standard InChI is InChI=1S/C14H8BrFN2O2/c15-9-5-3-7-18-12(9)11(14(19)20)17-13(18)8-4-1-2-6-10(8)16/h1-7H,(H,19,20). The van der Waals surface area contributed by atoms with Crippen LogP contribution in [0.1, 0.15) is 10.5 Å². The minimum absolute atomic E-state index is 0.115. The van der Waals surface area contributed by atoms with Gasteiger partial charge in [0.15, 0.2) is 5.69 Å². The number of rotatable bonds is 2. The Morgan fingerprint density at radius 3 is 2.70 bits per heavy atom. The molecule has 0 fully saturated rings. The van der Waals surface area contributed by atoms with Crippen molar-refractivity contribution in [3.05, 3.63) is 58.6 Å². The summed E-state index contributed by atoms with van der Waals surface area (Å²) in [4.78, 5) is 15.4. The van der Waals surface area contributed by atoms with Crippen molar-refractivity contribution in [3.63, 3.8) is 0 Å². The number of benzene rings is 1. The molecule has 0 unspecified atom stereocenters. The molecule has 0 bridgehead atoms. The predicted molar refractivity (Wildman–Crippen MR) is 75.2 cm³/mol. The van der Waals surface area contributed by atoms with E-state index in [2.05, 4.69) is 20.9 Å².